The van der Waals surface area contributed by atoms with Crippen LogP contribution in [0, 0.1) is 11.8 Å². The minimum Gasteiger partial charge on any atom is -0.393 e. The molecule has 0 aromatic rings. The lowest BCUT2D eigenvalue weighted by Crippen LogP contribution is -2.34. The molecule has 0 aromatic carbocycles. The molecular formula is C7H13NO. The standard InChI is InChI=1S/C7H13NO/c8-6-2-4-1-5(6)7(9)3-4/h4-7,9H,1-3,8H2/t4-,5+,6+,7?/m0/s1. The van der Waals surface area contributed by atoms with Gasteiger partial charge in [-0.3, -0.25) is 0 Å². The fourth-order valence-electron chi connectivity index (χ4n) is 2.37. The third-order valence-electron chi connectivity index (χ3n) is 2.83. The minimum atomic E-state index is -0.0706. The highest BCUT2D eigenvalue weighted by molar-refractivity contribution is 4.97. The van der Waals surface area contributed by atoms with Crippen LogP contribution in [-0.4, -0.2) is 17.3 Å². The number of aliphatic hydroxyl groups is 1. The molecule has 52 valence electrons. The quantitative estimate of drug-likeness (QED) is 0.485. The Hall–Kier alpha value is -0.0800. The van der Waals surface area contributed by atoms with E-state index in [1.54, 1.807) is 0 Å². The van der Waals surface area contributed by atoms with Gasteiger partial charge < -0.3 is 10.8 Å². The first-order valence-corrected chi connectivity index (χ1v) is 3.71. The van der Waals surface area contributed by atoms with Crippen molar-refractivity contribution < 1.29 is 5.11 Å². The van der Waals surface area contributed by atoms with Gasteiger partial charge in [0, 0.05) is 12.0 Å². The van der Waals surface area contributed by atoms with Gasteiger partial charge in [-0.25, -0.2) is 0 Å². The van der Waals surface area contributed by atoms with E-state index >= 15 is 0 Å². The highest BCUT2D eigenvalue weighted by atomic mass is 16.3. The summed E-state index contributed by atoms with van der Waals surface area (Å²) in [5.74, 6) is 1.19. The van der Waals surface area contributed by atoms with E-state index < -0.39 is 0 Å². The maximum absolute atomic E-state index is 9.31. The Bertz CT molecular complexity index is 114. The van der Waals surface area contributed by atoms with E-state index in [-0.39, 0.29) is 6.10 Å². The molecule has 2 nitrogen and oxygen atoms in total. The van der Waals surface area contributed by atoms with Gasteiger partial charge in [-0.2, -0.15) is 0 Å². The molecule has 2 saturated carbocycles. The van der Waals surface area contributed by atoms with E-state index in [1.807, 2.05) is 0 Å². The Morgan fingerprint density at radius 2 is 2.00 bits per heavy atom. The predicted molar refractivity (Wildman–Crippen MR) is 34.8 cm³/mol. The SMILES string of the molecule is N[C@@H]1C[C@H]2CC(O)[C@@H]1C2. The van der Waals surface area contributed by atoms with Crippen molar-refractivity contribution in [2.45, 2.75) is 31.4 Å². The Morgan fingerprint density at radius 1 is 1.22 bits per heavy atom. The molecule has 0 spiro atoms. The first-order chi connectivity index (χ1) is 4.27. The fraction of sp³-hybridized carbons (Fsp3) is 1.00. The second kappa shape index (κ2) is 1.70. The molecule has 2 heteroatoms. The van der Waals surface area contributed by atoms with E-state index in [0.29, 0.717) is 12.0 Å². The van der Waals surface area contributed by atoms with E-state index in [2.05, 4.69) is 0 Å². The third-order valence-corrected chi connectivity index (χ3v) is 2.83. The predicted octanol–water partition coefficient (Wildman–Crippen LogP) is 0.104. The molecule has 1 unspecified atom stereocenters. The monoisotopic (exact) mass is 127 g/mol. The lowest BCUT2D eigenvalue weighted by Gasteiger charge is -2.21. The zero-order valence-electron chi connectivity index (χ0n) is 5.46. The topological polar surface area (TPSA) is 46.2 Å². The summed E-state index contributed by atoms with van der Waals surface area (Å²) in [6.45, 7) is 0. The average molecular weight is 127 g/mol. The number of hydrogen-bond acceptors (Lipinski definition) is 2. The molecule has 0 aromatic heterocycles. The van der Waals surface area contributed by atoms with Gasteiger partial charge in [0.15, 0.2) is 0 Å². The summed E-state index contributed by atoms with van der Waals surface area (Å²) in [6, 6.07) is 0.304. The number of nitrogens with two attached hydrogens (primary N) is 1. The van der Waals surface area contributed by atoms with Crippen LogP contribution in [0.15, 0.2) is 0 Å². The normalized spacial score (nSPS) is 56.7. The molecule has 9 heavy (non-hydrogen) atoms. The van der Waals surface area contributed by atoms with Crippen LogP contribution in [0.2, 0.25) is 0 Å². The third kappa shape index (κ3) is 0.700. The molecule has 2 fully saturated rings. The maximum Gasteiger partial charge on any atom is 0.0585 e. The van der Waals surface area contributed by atoms with E-state index in [0.717, 1.165) is 18.8 Å². The summed E-state index contributed by atoms with van der Waals surface area (Å²) >= 11 is 0. The Kier molecular flexibility index (Phi) is 1.08. The van der Waals surface area contributed by atoms with Gasteiger partial charge in [-0.1, -0.05) is 0 Å². The van der Waals surface area contributed by atoms with Gasteiger partial charge in [0.1, 0.15) is 0 Å². The van der Waals surface area contributed by atoms with Crippen molar-refractivity contribution in [3.05, 3.63) is 0 Å². The van der Waals surface area contributed by atoms with Gasteiger partial charge in [-0.05, 0) is 25.2 Å². The molecular weight excluding hydrogens is 114 g/mol. The van der Waals surface area contributed by atoms with Crippen molar-refractivity contribution in [1.29, 1.82) is 0 Å². The van der Waals surface area contributed by atoms with Crippen LogP contribution in [0.5, 0.6) is 0 Å². The summed E-state index contributed by atoms with van der Waals surface area (Å²) in [5, 5.41) is 9.31. The van der Waals surface area contributed by atoms with Gasteiger partial charge in [0.2, 0.25) is 0 Å². The lowest BCUT2D eigenvalue weighted by atomic mass is 9.94. The zero-order valence-corrected chi connectivity index (χ0v) is 5.46. The van der Waals surface area contributed by atoms with Gasteiger partial charge in [0.05, 0.1) is 6.10 Å². The molecule has 0 aliphatic heterocycles. The largest absolute Gasteiger partial charge is 0.393 e. The molecule has 2 aliphatic carbocycles. The molecule has 0 heterocycles. The average Bonchev–Trinajstić information content (AvgIpc) is 2.22. The van der Waals surface area contributed by atoms with E-state index in [9.17, 15) is 5.11 Å². The zero-order chi connectivity index (χ0) is 6.43. The van der Waals surface area contributed by atoms with Crippen molar-refractivity contribution in [1.82, 2.24) is 0 Å². The Labute approximate surface area is 55.1 Å². The minimum absolute atomic E-state index is 0.0706. The number of aliphatic hydroxyl groups excluding tert-OH is 1. The molecule has 0 amide bonds. The number of rotatable bonds is 0. The lowest BCUT2D eigenvalue weighted by molar-refractivity contribution is 0.103. The second-order valence-corrected chi connectivity index (χ2v) is 3.47. The summed E-state index contributed by atoms with van der Waals surface area (Å²) in [7, 11) is 0. The van der Waals surface area contributed by atoms with Crippen LogP contribution < -0.4 is 5.73 Å². The molecule has 2 aliphatic rings. The molecule has 3 N–H and O–H groups in total. The summed E-state index contributed by atoms with van der Waals surface area (Å²) in [5.41, 5.74) is 5.75. The van der Waals surface area contributed by atoms with Crippen LogP contribution >= 0.6 is 0 Å². The smallest absolute Gasteiger partial charge is 0.0585 e. The van der Waals surface area contributed by atoms with Gasteiger partial charge in [-0.15, -0.1) is 0 Å². The van der Waals surface area contributed by atoms with Crippen molar-refractivity contribution in [3.63, 3.8) is 0 Å². The van der Waals surface area contributed by atoms with Crippen LogP contribution in [0.3, 0.4) is 0 Å². The Balaban J connectivity index is 2.13. The van der Waals surface area contributed by atoms with Crippen molar-refractivity contribution in [2.75, 3.05) is 0 Å². The van der Waals surface area contributed by atoms with E-state index in [1.165, 1.54) is 6.42 Å². The first kappa shape index (κ1) is 5.69. The molecule has 4 atom stereocenters. The molecule has 2 bridgehead atoms. The van der Waals surface area contributed by atoms with Gasteiger partial charge >= 0.3 is 0 Å². The Morgan fingerprint density at radius 3 is 2.33 bits per heavy atom. The highest BCUT2D eigenvalue weighted by Crippen LogP contribution is 2.43. The molecule has 0 radical (unpaired) electrons. The van der Waals surface area contributed by atoms with Crippen LogP contribution in [0.25, 0.3) is 0 Å². The number of hydrogen-bond donors (Lipinski definition) is 2. The van der Waals surface area contributed by atoms with Gasteiger partial charge in [0.25, 0.3) is 0 Å². The first-order valence-electron chi connectivity index (χ1n) is 3.71. The number of fused-ring (bicyclic) bond motifs is 2. The highest BCUT2D eigenvalue weighted by Gasteiger charge is 2.43. The van der Waals surface area contributed by atoms with Crippen molar-refractivity contribution in [2.24, 2.45) is 17.6 Å². The van der Waals surface area contributed by atoms with E-state index in [4.69, 9.17) is 5.73 Å². The van der Waals surface area contributed by atoms with Crippen LogP contribution in [-0.2, 0) is 0 Å². The van der Waals surface area contributed by atoms with Crippen LogP contribution in [0.4, 0.5) is 0 Å². The summed E-state index contributed by atoms with van der Waals surface area (Å²) in [6.07, 6.45) is 3.28. The fourth-order valence-corrected chi connectivity index (χ4v) is 2.37. The molecule has 0 saturated heterocycles. The maximum atomic E-state index is 9.31. The summed E-state index contributed by atoms with van der Waals surface area (Å²) in [4.78, 5) is 0. The molecule has 2 rings (SSSR count). The summed E-state index contributed by atoms with van der Waals surface area (Å²) < 4.78 is 0. The van der Waals surface area contributed by atoms with Crippen molar-refractivity contribution >= 4 is 0 Å². The van der Waals surface area contributed by atoms with Crippen molar-refractivity contribution in [3.8, 4) is 0 Å². The van der Waals surface area contributed by atoms with Crippen LogP contribution in [0.1, 0.15) is 19.3 Å². The second-order valence-electron chi connectivity index (χ2n) is 3.47.